The van der Waals surface area contributed by atoms with Crippen molar-refractivity contribution in [2.45, 2.75) is 42.2 Å². The molecule has 94 valence electrons. The summed E-state index contributed by atoms with van der Waals surface area (Å²) in [5.74, 6) is 0. The predicted octanol–water partition coefficient (Wildman–Crippen LogP) is 3.03. The van der Waals surface area contributed by atoms with E-state index in [2.05, 4.69) is 0 Å². The summed E-state index contributed by atoms with van der Waals surface area (Å²) < 4.78 is 24.8. The second-order valence-corrected chi connectivity index (χ2v) is 7.10. The first-order chi connectivity index (χ1) is 8.01. The Bertz CT molecular complexity index is 507. The number of anilines is 1. The van der Waals surface area contributed by atoms with Crippen molar-refractivity contribution >= 4 is 27.1 Å². The van der Waals surface area contributed by atoms with E-state index in [0.29, 0.717) is 5.69 Å². The number of rotatable bonds is 2. The molecule has 5 heteroatoms. The summed E-state index contributed by atoms with van der Waals surface area (Å²) >= 11 is 5.97. The quantitative estimate of drug-likeness (QED) is 0.843. The molecule has 17 heavy (non-hydrogen) atoms. The molecule has 0 aromatic heterocycles. The van der Waals surface area contributed by atoms with E-state index in [4.69, 9.17) is 17.3 Å². The van der Waals surface area contributed by atoms with Gasteiger partial charge in [0.2, 0.25) is 0 Å². The number of hydrogen-bond donors (Lipinski definition) is 1. The van der Waals surface area contributed by atoms with Crippen LogP contribution in [0.15, 0.2) is 23.1 Å². The van der Waals surface area contributed by atoms with Gasteiger partial charge < -0.3 is 5.73 Å². The van der Waals surface area contributed by atoms with Crippen molar-refractivity contribution in [3.8, 4) is 0 Å². The molecule has 1 aromatic rings. The Morgan fingerprint density at radius 2 is 1.82 bits per heavy atom. The Morgan fingerprint density at radius 3 is 2.41 bits per heavy atom. The van der Waals surface area contributed by atoms with Gasteiger partial charge in [0.15, 0.2) is 9.84 Å². The summed E-state index contributed by atoms with van der Waals surface area (Å²) in [6.45, 7) is 0. The lowest BCUT2D eigenvalue weighted by Gasteiger charge is -2.22. The predicted molar refractivity (Wildman–Crippen MR) is 69.9 cm³/mol. The molecule has 0 atom stereocenters. The van der Waals surface area contributed by atoms with E-state index in [9.17, 15) is 8.42 Å². The van der Waals surface area contributed by atoms with Gasteiger partial charge in [0.05, 0.1) is 15.2 Å². The number of sulfone groups is 1. The summed E-state index contributed by atoms with van der Waals surface area (Å²) in [5, 5.41) is -0.0482. The van der Waals surface area contributed by atoms with E-state index in [0.717, 1.165) is 32.1 Å². The number of nitrogens with two attached hydrogens (primary N) is 1. The molecule has 0 amide bonds. The zero-order valence-corrected chi connectivity index (χ0v) is 11.1. The highest BCUT2D eigenvalue weighted by molar-refractivity contribution is 7.92. The fourth-order valence-corrected chi connectivity index (χ4v) is 4.72. The number of halogens is 1. The molecule has 2 rings (SSSR count). The minimum atomic E-state index is -3.30. The highest BCUT2D eigenvalue weighted by atomic mass is 35.5. The summed E-state index contributed by atoms with van der Waals surface area (Å²) in [5.41, 5.74) is 6.05. The van der Waals surface area contributed by atoms with Crippen LogP contribution in [0.1, 0.15) is 32.1 Å². The molecule has 0 bridgehead atoms. The minimum absolute atomic E-state index is 0.222. The fourth-order valence-electron chi connectivity index (χ4n) is 2.30. The molecule has 1 saturated carbocycles. The third-order valence-corrected chi connectivity index (χ3v) is 6.00. The van der Waals surface area contributed by atoms with Gasteiger partial charge in [-0.15, -0.1) is 0 Å². The Hall–Kier alpha value is -0.740. The molecule has 0 aliphatic heterocycles. The second-order valence-electron chi connectivity index (χ2n) is 4.49. The third-order valence-electron chi connectivity index (χ3n) is 3.25. The first-order valence-electron chi connectivity index (χ1n) is 5.81. The van der Waals surface area contributed by atoms with Crippen LogP contribution in [0.4, 0.5) is 5.69 Å². The van der Waals surface area contributed by atoms with Crippen molar-refractivity contribution in [3.63, 3.8) is 0 Å². The van der Waals surface area contributed by atoms with E-state index in [1.165, 1.54) is 12.1 Å². The van der Waals surface area contributed by atoms with Gasteiger partial charge in [0.1, 0.15) is 0 Å². The monoisotopic (exact) mass is 273 g/mol. The van der Waals surface area contributed by atoms with Crippen molar-refractivity contribution in [1.82, 2.24) is 0 Å². The molecule has 0 saturated heterocycles. The van der Waals surface area contributed by atoms with Gasteiger partial charge in [-0.25, -0.2) is 8.42 Å². The zero-order valence-electron chi connectivity index (χ0n) is 9.52. The summed E-state index contributed by atoms with van der Waals surface area (Å²) in [7, 11) is -3.30. The Labute approximate surface area is 107 Å². The molecule has 0 unspecified atom stereocenters. The first kappa shape index (κ1) is 12.7. The van der Waals surface area contributed by atoms with E-state index in [-0.39, 0.29) is 15.2 Å². The van der Waals surface area contributed by atoms with E-state index in [1.54, 1.807) is 6.07 Å². The molecular weight excluding hydrogens is 258 g/mol. The third kappa shape index (κ3) is 2.58. The lowest BCUT2D eigenvalue weighted by Crippen LogP contribution is -2.24. The van der Waals surface area contributed by atoms with Crippen LogP contribution < -0.4 is 5.73 Å². The lowest BCUT2D eigenvalue weighted by atomic mass is 10.0. The number of benzene rings is 1. The average Bonchev–Trinajstić information content (AvgIpc) is 2.29. The number of hydrogen-bond acceptors (Lipinski definition) is 3. The van der Waals surface area contributed by atoms with Crippen LogP contribution in [0, 0.1) is 0 Å². The highest BCUT2D eigenvalue weighted by Gasteiger charge is 2.30. The maximum Gasteiger partial charge on any atom is 0.182 e. The molecule has 2 N–H and O–H groups in total. The van der Waals surface area contributed by atoms with Gasteiger partial charge in [0, 0.05) is 5.69 Å². The van der Waals surface area contributed by atoms with Gasteiger partial charge in [-0.1, -0.05) is 30.9 Å². The second kappa shape index (κ2) is 4.86. The Balaban J connectivity index is 2.37. The van der Waals surface area contributed by atoms with Crippen molar-refractivity contribution in [1.29, 1.82) is 0 Å². The fraction of sp³-hybridized carbons (Fsp3) is 0.500. The molecule has 3 nitrogen and oxygen atoms in total. The van der Waals surface area contributed by atoms with Crippen LogP contribution in [0.3, 0.4) is 0 Å². The maximum atomic E-state index is 12.4. The summed E-state index contributed by atoms with van der Waals surface area (Å²) in [4.78, 5) is 0.222. The lowest BCUT2D eigenvalue weighted by molar-refractivity contribution is 0.483. The maximum absolute atomic E-state index is 12.4. The molecule has 1 aromatic carbocycles. The molecular formula is C12H16ClNO2S. The van der Waals surface area contributed by atoms with Crippen molar-refractivity contribution in [2.75, 3.05) is 5.73 Å². The van der Waals surface area contributed by atoms with E-state index in [1.807, 2.05) is 0 Å². The average molecular weight is 274 g/mol. The molecule has 1 aliphatic rings. The highest BCUT2D eigenvalue weighted by Crippen LogP contribution is 2.32. The zero-order chi connectivity index (χ0) is 12.5. The minimum Gasteiger partial charge on any atom is -0.399 e. The van der Waals surface area contributed by atoms with Crippen LogP contribution in [0.5, 0.6) is 0 Å². The smallest absolute Gasteiger partial charge is 0.182 e. The summed E-state index contributed by atoms with van der Waals surface area (Å²) in [6.07, 6.45) is 4.57. The molecule has 0 spiro atoms. The van der Waals surface area contributed by atoms with Crippen LogP contribution >= 0.6 is 11.6 Å². The SMILES string of the molecule is Nc1ccc(S(=O)(=O)C2CCCCC2)c(Cl)c1. The molecule has 1 aliphatic carbocycles. The van der Waals surface area contributed by atoms with Gasteiger partial charge in [0.25, 0.3) is 0 Å². The Kier molecular flexibility index (Phi) is 3.64. The van der Waals surface area contributed by atoms with Crippen LogP contribution in [-0.4, -0.2) is 13.7 Å². The van der Waals surface area contributed by atoms with Gasteiger partial charge in [-0.3, -0.25) is 0 Å². The van der Waals surface area contributed by atoms with Crippen LogP contribution in [0.25, 0.3) is 0 Å². The molecule has 1 fully saturated rings. The molecule has 0 radical (unpaired) electrons. The van der Waals surface area contributed by atoms with Crippen molar-refractivity contribution in [3.05, 3.63) is 23.2 Å². The van der Waals surface area contributed by atoms with Crippen LogP contribution in [0.2, 0.25) is 5.02 Å². The van der Waals surface area contributed by atoms with Gasteiger partial charge >= 0.3 is 0 Å². The topological polar surface area (TPSA) is 60.2 Å². The first-order valence-corrected chi connectivity index (χ1v) is 7.73. The van der Waals surface area contributed by atoms with Crippen LogP contribution in [-0.2, 0) is 9.84 Å². The largest absolute Gasteiger partial charge is 0.399 e. The van der Waals surface area contributed by atoms with Gasteiger partial charge in [-0.05, 0) is 31.0 Å². The molecule has 0 heterocycles. The number of nitrogen functional groups attached to an aromatic ring is 1. The summed E-state index contributed by atoms with van der Waals surface area (Å²) in [6, 6.07) is 4.60. The van der Waals surface area contributed by atoms with Gasteiger partial charge in [-0.2, -0.15) is 0 Å². The van der Waals surface area contributed by atoms with E-state index < -0.39 is 9.84 Å². The van der Waals surface area contributed by atoms with E-state index >= 15 is 0 Å². The van der Waals surface area contributed by atoms with Crippen molar-refractivity contribution in [2.24, 2.45) is 0 Å². The Morgan fingerprint density at radius 1 is 1.18 bits per heavy atom. The normalized spacial score (nSPS) is 18.2. The van der Waals surface area contributed by atoms with Crippen molar-refractivity contribution < 1.29 is 8.42 Å². The standard InChI is InChI=1S/C12H16ClNO2S/c13-11-8-9(14)6-7-12(11)17(15,16)10-4-2-1-3-5-10/h6-8,10H,1-5,14H2.